The van der Waals surface area contributed by atoms with Gasteiger partial charge in [0.2, 0.25) is 0 Å². The van der Waals surface area contributed by atoms with Crippen molar-refractivity contribution in [2.75, 3.05) is 31.6 Å². The highest BCUT2D eigenvalue weighted by molar-refractivity contribution is 7.89. The molecule has 2 heterocycles. The van der Waals surface area contributed by atoms with Gasteiger partial charge in [0.1, 0.15) is 0 Å². The number of likely N-dealkylation sites (N-methyl/N-ethyl adjacent to an activating group) is 1. The molecule has 8 heteroatoms. The van der Waals surface area contributed by atoms with Gasteiger partial charge in [0.15, 0.2) is 5.03 Å². The number of rotatable bonds is 4. The van der Waals surface area contributed by atoms with E-state index in [4.69, 9.17) is 5.84 Å². The largest absolute Gasteiger partial charge is 0.321 e. The average molecular weight is 299 g/mol. The Morgan fingerprint density at radius 3 is 2.85 bits per heavy atom. The Bertz CT molecular complexity index is 563. The molecule has 1 aromatic rings. The van der Waals surface area contributed by atoms with Crippen LogP contribution in [0.15, 0.2) is 23.4 Å². The number of pyridine rings is 1. The van der Waals surface area contributed by atoms with Crippen LogP contribution in [0.2, 0.25) is 0 Å². The van der Waals surface area contributed by atoms with Crippen molar-refractivity contribution in [2.45, 2.75) is 24.9 Å². The number of nitrogens with two attached hydrogens (primary N) is 1. The monoisotopic (exact) mass is 299 g/mol. The minimum atomic E-state index is -3.62. The van der Waals surface area contributed by atoms with Crippen LogP contribution in [0.3, 0.4) is 0 Å². The molecular weight excluding hydrogens is 278 g/mol. The van der Waals surface area contributed by atoms with Crippen molar-refractivity contribution in [2.24, 2.45) is 5.84 Å². The van der Waals surface area contributed by atoms with E-state index in [0.29, 0.717) is 18.8 Å². The van der Waals surface area contributed by atoms with E-state index in [-0.39, 0.29) is 11.1 Å². The molecule has 1 aliphatic heterocycles. The van der Waals surface area contributed by atoms with E-state index >= 15 is 0 Å². The minimum Gasteiger partial charge on any atom is -0.321 e. The Morgan fingerprint density at radius 2 is 2.25 bits per heavy atom. The number of piperazine rings is 1. The summed E-state index contributed by atoms with van der Waals surface area (Å²) in [5, 5.41) is -0.0142. The van der Waals surface area contributed by atoms with Crippen LogP contribution in [0.4, 0.5) is 5.69 Å². The molecule has 1 fully saturated rings. The molecule has 0 aliphatic carbocycles. The average Bonchev–Trinajstić information content (AvgIpc) is 2.47. The molecule has 112 valence electrons. The maximum atomic E-state index is 12.7. The molecule has 0 amide bonds. The van der Waals surface area contributed by atoms with Crippen molar-refractivity contribution in [3.63, 3.8) is 0 Å². The number of nitrogen functional groups attached to an aromatic ring is 1. The van der Waals surface area contributed by atoms with Gasteiger partial charge in [-0.2, -0.15) is 4.31 Å². The molecule has 1 aliphatic rings. The van der Waals surface area contributed by atoms with Crippen LogP contribution >= 0.6 is 0 Å². The molecule has 1 atom stereocenters. The van der Waals surface area contributed by atoms with Gasteiger partial charge in [0.05, 0.1) is 5.69 Å². The van der Waals surface area contributed by atoms with Gasteiger partial charge in [-0.05, 0) is 25.6 Å². The van der Waals surface area contributed by atoms with Crippen LogP contribution in [0.5, 0.6) is 0 Å². The number of nitrogens with one attached hydrogen (secondary N) is 1. The Kier molecular flexibility index (Phi) is 4.59. The van der Waals surface area contributed by atoms with Crippen molar-refractivity contribution in [3.05, 3.63) is 18.3 Å². The summed E-state index contributed by atoms with van der Waals surface area (Å²) in [5.74, 6) is 5.37. The van der Waals surface area contributed by atoms with Gasteiger partial charge >= 0.3 is 0 Å². The number of hydrogen-bond donors (Lipinski definition) is 2. The van der Waals surface area contributed by atoms with E-state index < -0.39 is 10.0 Å². The molecule has 0 aromatic carbocycles. The molecule has 0 spiro atoms. The summed E-state index contributed by atoms with van der Waals surface area (Å²) >= 11 is 0. The zero-order valence-corrected chi connectivity index (χ0v) is 12.6. The smallest absolute Gasteiger partial charge is 0.262 e. The molecule has 7 nitrogen and oxygen atoms in total. The standard InChI is InChI=1S/C12H21N5O2S/c1-3-16-7-8-17(9-10(16)2)20(18,19)12-11(15-13)5-4-6-14-12/h4-6,10,15H,3,7-9,13H2,1-2H3. The van der Waals surface area contributed by atoms with E-state index in [1.165, 1.54) is 10.5 Å². The maximum absolute atomic E-state index is 12.7. The van der Waals surface area contributed by atoms with Crippen LogP contribution in [0, 0.1) is 0 Å². The highest BCUT2D eigenvalue weighted by Gasteiger charge is 2.33. The third kappa shape index (κ3) is 2.78. The first-order valence-electron chi connectivity index (χ1n) is 6.66. The van der Waals surface area contributed by atoms with Gasteiger partial charge in [0.25, 0.3) is 10.0 Å². The molecule has 0 bridgehead atoms. The number of aromatic nitrogens is 1. The van der Waals surface area contributed by atoms with Crippen molar-refractivity contribution >= 4 is 15.7 Å². The summed E-state index contributed by atoms with van der Waals surface area (Å²) in [6.45, 7) is 6.71. The van der Waals surface area contributed by atoms with Gasteiger partial charge in [-0.1, -0.05) is 6.92 Å². The minimum absolute atomic E-state index is 0.0142. The number of hydrazine groups is 1. The van der Waals surface area contributed by atoms with Gasteiger partial charge in [0, 0.05) is 31.9 Å². The van der Waals surface area contributed by atoms with Crippen LogP contribution in [0.25, 0.3) is 0 Å². The van der Waals surface area contributed by atoms with Crippen LogP contribution in [-0.2, 0) is 10.0 Å². The van der Waals surface area contributed by atoms with Gasteiger partial charge < -0.3 is 5.43 Å². The summed E-state index contributed by atoms with van der Waals surface area (Å²) in [6.07, 6.45) is 1.46. The lowest BCUT2D eigenvalue weighted by molar-refractivity contribution is 0.135. The third-order valence-corrected chi connectivity index (χ3v) is 5.47. The molecule has 2 rings (SSSR count). The molecule has 20 heavy (non-hydrogen) atoms. The quantitative estimate of drug-likeness (QED) is 0.604. The van der Waals surface area contributed by atoms with Gasteiger partial charge in [-0.25, -0.2) is 13.4 Å². The van der Waals surface area contributed by atoms with Crippen LogP contribution in [-0.4, -0.2) is 54.8 Å². The van der Waals surface area contributed by atoms with Gasteiger partial charge in [-0.3, -0.25) is 10.7 Å². The van der Waals surface area contributed by atoms with Gasteiger partial charge in [-0.15, -0.1) is 0 Å². The molecule has 1 saturated heterocycles. The third-order valence-electron chi connectivity index (χ3n) is 3.64. The van der Waals surface area contributed by atoms with E-state index in [1.807, 2.05) is 6.92 Å². The zero-order chi connectivity index (χ0) is 14.8. The first-order valence-corrected chi connectivity index (χ1v) is 8.10. The van der Waals surface area contributed by atoms with Crippen LogP contribution < -0.4 is 11.3 Å². The second-order valence-electron chi connectivity index (χ2n) is 4.84. The van der Waals surface area contributed by atoms with Crippen molar-refractivity contribution < 1.29 is 8.42 Å². The maximum Gasteiger partial charge on any atom is 0.262 e. The van der Waals surface area contributed by atoms with E-state index in [2.05, 4.69) is 22.2 Å². The Labute approximate surface area is 119 Å². The number of anilines is 1. The number of nitrogens with zero attached hydrogens (tertiary/aromatic N) is 3. The Morgan fingerprint density at radius 1 is 1.50 bits per heavy atom. The highest BCUT2D eigenvalue weighted by Crippen LogP contribution is 2.23. The fourth-order valence-corrected chi connectivity index (χ4v) is 4.06. The SMILES string of the molecule is CCN1CCN(S(=O)(=O)c2ncccc2NN)CC1C. The van der Waals surface area contributed by atoms with E-state index in [0.717, 1.165) is 13.1 Å². The van der Waals surface area contributed by atoms with Crippen molar-refractivity contribution in [3.8, 4) is 0 Å². The molecule has 1 unspecified atom stereocenters. The molecular formula is C12H21N5O2S. The van der Waals surface area contributed by atoms with Crippen molar-refractivity contribution in [1.82, 2.24) is 14.2 Å². The fourth-order valence-electron chi connectivity index (χ4n) is 2.48. The lowest BCUT2D eigenvalue weighted by Crippen LogP contribution is -2.53. The number of hydrogen-bond acceptors (Lipinski definition) is 6. The Hall–Kier alpha value is -1.22. The molecule has 0 saturated carbocycles. The fraction of sp³-hybridized carbons (Fsp3) is 0.583. The first-order chi connectivity index (χ1) is 9.50. The molecule has 1 aromatic heterocycles. The second kappa shape index (κ2) is 6.04. The Balaban J connectivity index is 2.27. The summed E-state index contributed by atoms with van der Waals surface area (Å²) in [6, 6.07) is 3.44. The first kappa shape index (κ1) is 15.2. The summed E-state index contributed by atoms with van der Waals surface area (Å²) in [7, 11) is -3.62. The second-order valence-corrected chi connectivity index (χ2v) is 6.69. The van der Waals surface area contributed by atoms with E-state index in [9.17, 15) is 8.42 Å². The molecule has 0 radical (unpaired) electrons. The predicted molar refractivity (Wildman–Crippen MR) is 77.5 cm³/mol. The summed E-state index contributed by atoms with van der Waals surface area (Å²) in [5.41, 5.74) is 2.71. The lowest BCUT2D eigenvalue weighted by atomic mass is 10.2. The zero-order valence-electron chi connectivity index (χ0n) is 11.8. The van der Waals surface area contributed by atoms with Crippen molar-refractivity contribution in [1.29, 1.82) is 0 Å². The van der Waals surface area contributed by atoms with Crippen LogP contribution in [0.1, 0.15) is 13.8 Å². The summed E-state index contributed by atoms with van der Waals surface area (Å²) in [4.78, 5) is 6.23. The normalized spacial score (nSPS) is 21.9. The summed E-state index contributed by atoms with van der Waals surface area (Å²) < 4.78 is 26.8. The number of sulfonamides is 1. The molecule has 3 N–H and O–H groups in total. The van der Waals surface area contributed by atoms with E-state index in [1.54, 1.807) is 12.1 Å². The topological polar surface area (TPSA) is 91.6 Å². The predicted octanol–water partition coefficient (Wildman–Crippen LogP) is 0.0819. The highest BCUT2D eigenvalue weighted by atomic mass is 32.2. The lowest BCUT2D eigenvalue weighted by Gasteiger charge is -2.38.